The van der Waals surface area contributed by atoms with Gasteiger partial charge in [-0.1, -0.05) is 24.3 Å². The molecule has 1 N–H and O–H groups in total. The Bertz CT molecular complexity index is 771. The van der Waals surface area contributed by atoms with Crippen molar-refractivity contribution in [2.24, 2.45) is 5.92 Å². The van der Waals surface area contributed by atoms with E-state index >= 15 is 0 Å². The van der Waals surface area contributed by atoms with Gasteiger partial charge in [0.05, 0.1) is 4.88 Å². The molecule has 0 radical (unpaired) electrons. The summed E-state index contributed by atoms with van der Waals surface area (Å²) in [6.45, 7) is 2.72. The summed E-state index contributed by atoms with van der Waals surface area (Å²) < 4.78 is 0. The number of nitrogens with one attached hydrogen (secondary N) is 1. The predicted octanol–water partition coefficient (Wildman–Crippen LogP) is 3.09. The van der Waals surface area contributed by atoms with E-state index in [1.54, 1.807) is 0 Å². The number of rotatable bonds is 3. The van der Waals surface area contributed by atoms with Crippen molar-refractivity contribution in [3.8, 4) is 0 Å². The number of fused-ring (bicyclic) bond motifs is 2. The molecular formula is C19H20N2O2S. The molecule has 5 heteroatoms. The van der Waals surface area contributed by atoms with Gasteiger partial charge in [0.25, 0.3) is 11.8 Å². The second kappa shape index (κ2) is 6.06. The molecule has 2 aromatic rings. The average Bonchev–Trinajstić information content (AvgIpc) is 3.31. The Morgan fingerprint density at radius 2 is 2.00 bits per heavy atom. The second-order valence-corrected chi connectivity index (χ2v) is 7.66. The average molecular weight is 340 g/mol. The van der Waals surface area contributed by atoms with Crippen molar-refractivity contribution in [3.05, 3.63) is 57.8 Å². The van der Waals surface area contributed by atoms with Crippen LogP contribution in [0.3, 0.4) is 0 Å². The fraction of sp³-hybridized carbons (Fsp3) is 0.368. The van der Waals surface area contributed by atoms with Gasteiger partial charge in [-0.25, -0.2) is 0 Å². The number of aryl methyl sites for hydroxylation is 1. The van der Waals surface area contributed by atoms with Crippen LogP contribution in [0.1, 0.15) is 38.4 Å². The topological polar surface area (TPSA) is 49.4 Å². The van der Waals surface area contributed by atoms with Gasteiger partial charge in [-0.05, 0) is 48.8 Å². The van der Waals surface area contributed by atoms with Crippen LogP contribution in [0.25, 0.3) is 0 Å². The zero-order valence-electron chi connectivity index (χ0n) is 13.6. The van der Waals surface area contributed by atoms with Crippen LogP contribution in [0.5, 0.6) is 0 Å². The third-order valence-electron chi connectivity index (χ3n) is 5.24. The molecule has 2 fully saturated rings. The van der Waals surface area contributed by atoms with E-state index in [9.17, 15) is 9.59 Å². The molecule has 124 valence electrons. The molecular weight excluding hydrogens is 320 g/mol. The number of carbonyl (C=O) groups excluding carboxylic acids is 2. The number of thiophene rings is 1. The van der Waals surface area contributed by atoms with Crippen LogP contribution in [-0.2, 0) is 0 Å². The number of hydrogen-bond donors (Lipinski definition) is 1. The van der Waals surface area contributed by atoms with Crippen LogP contribution in [0, 0.1) is 12.8 Å². The standard InChI is InChI=1S/C19H20N2O2S/c1-12-5-2-3-6-15(12)19(23)21-11-13-9-14(21)10-16(13)20-18(22)17-7-4-8-24-17/h2-8,13-14,16H,9-11H2,1H3,(H,20,22). The van der Waals surface area contributed by atoms with E-state index in [1.165, 1.54) is 11.3 Å². The third-order valence-corrected chi connectivity index (χ3v) is 6.11. The van der Waals surface area contributed by atoms with Gasteiger partial charge < -0.3 is 10.2 Å². The summed E-state index contributed by atoms with van der Waals surface area (Å²) in [5.41, 5.74) is 1.82. The minimum absolute atomic E-state index is 0.0133. The van der Waals surface area contributed by atoms with Gasteiger partial charge in [0, 0.05) is 24.2 Å². The number of nitrogens with zero attached hydrogens (tertiary/aromatic N) is 1. The van der Waals surface area contributed by atoms with Crippen LogP contribution in [0.4, 0.5) is 0 Å². The predicted molar refractivity (Wildman–Crippen MR) is 94.3 cm³/mol. The van der Waals surface area contributed by atoms with Gasteiger partial charge in [0.15, 0.2) is 0 Å². The highest BCUT2D eigenvalue weighted by molar-refractivity contribution is 7.12. The largest absolute Gasteiger partial charge is 0.348 e. The molecule has 2 bridgehead atoms. The molecule has 2 aliphatic rings. The Hall–Kier alpha value is -2.14. The molecule has 1 aliphatic carbocycles. The zero-order valence-corrected chi connectivity index (χ0v) is 14.4. The Balaban J connectivity index is 1.42. The molecule has 2 amide bonds. The van der Waals surface area contributed by atoms with E-state index in [2.05, 4.69) is 5.32 Å². The summed E-state index contributed by atoms with van der Waals surface area (Å²) in [6.07, 6.45) is 1.85. The Labute approximate surface area is 145 Å². The number of hydrogen-bond acceptors (Lipinski definition) is 3. The van der Waals surface area contributed by atoms with Crippen molar-refractivity contribution in [1.29, 1.82) is 0 Å². The Morgan fingerprint density at radius 1 is 1.17 bits per heavy atom. The lowest BCUT2D eigenvalue weighted by atomic mass is 10.0. The van der Waals surface area contributed by atoms with Crippen molar-refractivity contribution in [2.45, 2.75) is 31.8 Å². The highest BCUT2D eigenvalue weighted by atomic mass is 32.1. The molecule has 4 nitrogen and oxygen atoms in total. The lowest BCUT2D eigenvalue weighted by Gasteiger charge is -2.32. The van der Waals surface area contributed by atoms with E-state index in [4.69, 9.17) is 0 Å². The van der Waals surface area contributed by atoms with E-state index in [-0.39, 0.29) is 23.9 Å². The van der Waals surface area contributed by atoms with Gasteiger partial charge in [-0.3, -0.25) is 9.59 Å². The van der Waals surface area contributed by atoms with Gasteiger partial charge in [0.2, 0.25) is 0 Å². The summed E-state index contributed by atoms with van der Waals surface area (Å²) in [4.78, 5) is 27.8. The van der Waals surface area contributed by atoms with Crippen LogP contribution in [0.2, 0.25) is 0 Å². The minimum atomic E-state index is 0.0133. The number of benzene rings is 1. The number of piperidine rings is 1. The van der Waals surface area contributed by atoms with E-state index in [0.29, 0.717) is 5.92 Å². The highest BCUT2D eigenvalue weighted by Crippen LogP contribution is 2.39. The molecule has 1 aromatic carbocycles. The summed E-state index contributed by atoms with van der Waals surface area (Å²) in [5.74, 6) is 0.509. The summed E-state index contributed by atoms with van der Waals surface area (Å²) in [6, 6.07) is 11.9. The van der Waals surface area contributed by atoms with Gasteiger partial charge in [0.1, 0.15) is 0 Å². The fourth-order valence-corrected chi connectivity index (χ4v) is 4.62. The maximum Gasteiger partial charge on any atom is 0.261 e. The number of likely N-dealkylation sites (tertiary alicyclic amines) is 1. The highest BCUT2D eigenvalue weighted by Gasteiger charge is 2.47. The maximum atomic E-state index is 12.8. The number of amides is 2. The Kier molecular flexibility index (Phi) is 3.88. The van der Waals surface area contributed by atoms with Gasteiger partial charge >= 0.3 is 0 Å². The normalized spacial score (nSPS) is 25.0. The van der Waals surface area contributed by atoms with Crippen LogP contribution in [0.15, 0.2) is 41.8 Å². The van der Waals surface area contributed by atoms with Crippen molar-refractivity contribution in [2.75, 3.05) is 6.54 Å². The molecule has 1 saturated heterocycles. The summed E-state index contributed by atoms with van der Waals surface area (Å²) in [7, 11) is 0. The summed E-state index contributed by atoms with van der Waals surface area (Å²) in [5, 5.41) is 5.07. The lowest BCUT2D eigenvalue weighted by molar-refractivity contribution is 0.0679. The lowest BCUT2D eigenvalue weighted by Crippen LogP contribution is -2.47. The van der Waals surface area contributed by atoms with Crippen molar-refractivity contribution >= 4 is 23.2 Å². The van der Waals surface area contributed by atoms with Crippen LogP contribution in [-0.4, -0.2) is 35.3 Å². The first-order chi connectivity index (χ1) is 11.6. The van der Waals surface area contributed by atoms with Gasteiger partial charge in [-0.15, -0.1) is 11.3 Å². The SMILES string of the molecule is Cc1ccccc1C(=O)N1CC2CC1CC2NC(=O)c1cccs1. The monoisotopic (exact) mass is 340 g/mol. The van der Waals surface area contributed by atoms with Crippen molar-refractivity contribution < 1.29 is 9.59 Å². The maximum absolute atomic E-state index is 12.8. The third kappa shape index (κ3) is 2.63. The smallest absolute Gasteiger partial charge is 0.261 e. The van der Waals surface area contributed by atoms with E-state index < -0.39 is 0 Å². The molecule has 2 heterocycles. The molecule has 1 saturated carbocycles. The second-order valence-electron chi connectivity index (χ2n) is 6.71. The van der Waals surface area contributed by atoms with Crippen LogP contribution >= 0.6 is 11.3 Å². The molecule has 3 atom stereocenters. The van der Waals surface area contributed by atoms with Gasteiger partial charge in [-0.2, -0.15) is 0 Å². The zero-order chi connectivity index (χ0) is 16.7. The quantitative estimate of drug-likeness (QED) is 0.933. The van der Waals surface area contributed by atoms with E-state index in [1.807, 2.05) is 53.6 Å². The van der Waals surface area contributed by atoms with Crippen molar-refractivity contribution in [1.82, 2.24) is 10.2 Å². The first kappa shape index (κ1) is 15.4. The molecule has 0 spiro atoms. The molecule has 3 unspecified atom stereocenters. The molecule has 1 aromatic heterocycles. The first-order valence-corrected chi connectivity index (χ1v) is 9.22. The molecule has 1 aliphatic heterocycles. The first-order valence-electron chi connectivity index (χ1n) is 8.34. The number of carbonyl (C=O) groups is 2. The summed E-state index contributed by atoms with van der Waals surface area (Å²) >= 11 is 1.46. The van der Waals surface area contributed by atoms with E-state index in [0.717, 1.165) is 35.4 Å². The molecule has 24 heavy (non-hydrogen) atoms. The fourth-order valence-electron chi connectivity index (χ4n) is 3.99. The Morgan fingerprint density at radius 3 is 2.67 bits per heavy atom. The van der Waals surface area contributed by atoms with Crippen LogP contribution < -0.4 is 5.32 Å². The molecule has 4 rings (SSSR count). The van der Waals surface area contributed by atoms with Crippen molar-refractivity contribution in [3.63, 3.8) is 0 Å². The minimum Gasteiger partial charge on any atom is -0.348 e.